The number of nitrogens with two attached hydrogens (primary N) is 1. The van der Waals surface area contributed by atoms with E-state index >= 15 is 0 Å². The number of amides is 2. The molecule has 3 heterocycles. The first-order valence-electron chi connectivity index (χ1n) is 9.04. The molecule has 0 atom stereocenters. The van der Waals surface area contributed by atoms with Crippen molar-refractivity contribution >= 4 is 34.5 Å². The van der Waals surface area contributed by atoms with Crippen molar-refractivity contribution in [2.75, 3.05) is 16.4 Å². The Kier molecular flexibility index (Phi) is 4.42. The smallest absolute Gasteiger partial charge is 0.326 e. The van der Waals surface area contributed by atoms with E-state index in [1.54, 1.807) is 18.2 Å². The van der Waals surface area contributed by atoms with Gasteiger partial charge in [-0.15, -0.1) is 0 Å². The lowest BCUT2D eigenvalue weighted by Crippen LogP contribution is -2.19. The zero-order valence-corrected chi connectivity index (χ0v) is 16.3. The molecule has 4 aromatic rings. The van der Waals surface area contributed by atoms with Gasteiger partial charge in [0.1, 0.15) is 17.8 Å². The van der Waals surface area contributed by atoms with Gasteiger partial charge >= 0.3 is 6.03 Å². The molecular weight excluding hydrogens is 370 g/mol. The van der Waals surface area contributed by atoms with Gasteiger partial charge in [-0.3, -0.25) is 5.32 Å². The van der Waals surface area contributed by atoms with Crippen LogP contribution in [0.15, 0.2) is 47.4 Å². The Morgan fingerprint density at radius 3 is 2.59 bits per heavy atom. The normalized spacial score (nSPS) is 11.6. The molecule has 0 saturated carbocycles. The average Bonchev–Trinajstić information content (AvgIpc) is 3.30. The van der Waals surface area contributed by atoms with Crippen molar-refractivity contribution in [2.45, 2.75) is 26.2 Å². The van der Waals surface area contributed by atoms with Crippen molar-refractivity contribution in [3.8, 4) is 11.1 Å². The molecule has 0 fully saturated rings. The molecule has 2 amide bonds. The summed E-state index contributed by atoms with van der Waals surface area (Å²) in [6.45, 7) is 6.05. The molecule has 0 aliphatic carbocycles. The third-order valence-electron chi connectivity index (χ3n) is 4.47. The monoisotopic (exact) mass is 391 g/mol. The number of anilines is 3. The number of carbonyl (C=O) groups is 1. The highest BCUT2D eigenvalue weighted by Crippen LogP contribution is 2.31. The third-order valence-corrected chi connectivity index (χ3v) is 4.47. The number of H-pyrrole nitrogens is 1. The Morgan fingerprint density at radius 2 is 1.90 bits per heavy atom. The Morgan fingerprint density at radius 1 is 1.14 bits per heavy atom. The fourth-order valence-electron chi connectivity index (χ4n) is 2.91. The molecule has 29 heavy (non-hydrogen) atoms. The number of urea groups is 1. The van der Waals surface area contributed by atoms with Crippen molar-refractivity contribution in [3.05, 3.63) is 48.5 Å². The summed E-state index contributed by atoms with van der Waals surface area (Å²) in [5, 5.41) is 10.2. The Labute approximate surface area is 166 Å². The zero-order valence-electron chi connectivity index (χ0n) is 16.3. The predicted molar refractivity (Wildman–Crippen MR) is 112 cm³/mol. The number of nitrogens with one attached hydrogen (secondary N) is 3. The number of nitrogen functional groups attached to an aromatic ring is 1. The number of hydrogen-bond donors (Lipinski definition) is 4. The van der Waals surface area contributed by atoms with Crippen LogP contribution in [-0.2, 0) is 5.41 Å². The quantitative estimate of drug-likeness (QED) is 0.415. The summed E-state index contributed by atoms with van der Waals surface area (Å²) >= 11 is 0. The van der Waals surface area contributed by atoms with Crippen molar-refractivity contribution in [1.82, 2.24) is 20.1 Å². The fourth-order valence-corrected chi connectivity index (χ4v) is 2.91. The summed E-state index contributed by atoms with van der Waals surface area (Å²) in [6.07, 6.45) is 3.25. The molecule has 0 radical (unpaired) electrons. The van der Waals surface area contributed by atoms with E-state index in [-0.39, 0.29) is 5.41 Å². The highest BCUT2D eigenvalue weighted by molar-refractivity contribution is 6.01. The highest BCUT2D eigenvalue weighted by Gasteiger charge is 2.19. The third kappa shape index (κ3) is 3.75. The second-order valence-electron chi connectivity index (χ2n) is 7.67. The topological polar surface area (TPSA) is 135 Å². The van der Waals surface area contributed by atoms with Crippen LogP contribution in [0, 0.1) is 0 Å². The number of nitrogens with zero attached hydrogens (tertiary/aromatic N) is 3. The molecule has 1 aromatic carbocycles. The molecule has 9 heteroatoms. The van der Waals surface area contributed by atoms with Crippen LogP contribution >= 0.6 is 0 Å². The molecule has 0 unspecified atom stereocenters. The second kappa shape index (κ2) is 6.93. The summed E-state index contributed by atoms with van der Waals surface area (Å²) in [5.74, 6) is 0.702. The van der Waals surface area contributed by atoms with Gasteiger partial charge in [-0.25, -0.2) is 14.8 Å². The summed E-state index contributed by atoms with van der Waals surface area (Å²) in [4.78, 5) is 23.5. The van der Waals surface area contributed by atoms with E-state index in [0.29, 0.717) is 23.0 Å². The van der Waals surface area contributed by atoms with Crippen LogP contribution in [0.3, 0.4) is 0 Å². The molecule has 0 bridgehead atoms. The van der Waals surface area contributed by atoms with Gasteiger partial charge in [-0.2, -0.15) is 0 Å². The van der Waals surface area contributed by atoms with E-state index in [2.05, 4.69) is 30.7 Å². The lowest BCUT2D eigenvalue weighted by molar-refractivity contribution is 0.261. The summed E-state index contributed by atoms with van der Waals surface area (Å²) in [7, 11) is 0. The van der Waals surface area contributed by atoms with Crippen molar-refractivity contribution in [2.24, 2.45) is 0 Å². The fraction of sp³-hybridized carbons (Fsp3) is 0.200. The van der Waals surface area contributed by atoms with Crippen LogP contribution < -0.4 is 16.4 Å². The second-order valence-corrected chi connectivity index (χ2v) is 7.67. The van der Waals surface area contributed by atoms with Gasteiger partial charge in [0.15, 0.2) is 0 Å². The number of benzene rings is 1. The van der Waals surface area contributed by atoms with Gasteiger partial charge in [-0.1, -0.05) is 38.1 Å². The van der Waals surface area contributed by atoms with E-state index in [0.717, 1.165) is 22.2 Å². The number of aromatic nitrogens is 4. The van der Waals surface area contributed by atoms with Crippen LogP contribution in [0.2, 0.25) is 0 Å². The molecule has 0 spiro atoms. The van der Waals surface area contributed by atoms with E-state index in [1.165, 1.54) is 6.33 Å². The number of carbonyl (C=O) groups excluding carboxylic acids is 1. The number of hydrogen-bond acceptors (Lipinski definition) is 6. The van der Waals surface area contributed by atoms with Crippen LogP contribution in [0.25, 0.3) is 22.2 Å². The zero-order chi connectivity index (χ0) is 20.6. The first kappa shape index (κ1) is 18.5. The number of fused-ring (bicyclic) bond motifs is 1. The minimum absolute atomic E-state index is 0.160. The first-order valence-corrected chi connectivity index (χ1v) is 9.04. The lowest BCUT2D eigenvalue weighted by atomic mass is 9.92. The van der Waals surface area contributed by atoms with Crippen LogP contribution in [0.1, 0.15) is 26.5 Å². The molecular formula is C20H21N7O2. The summed E-state index contributed by atoms with van der Waals surface area (Å²) < 4.78 is 5.17. The number of aromatic amines is 1. The van der Waals surface area contributed by atoms with E-state index < -0.39 is 6.03 Å². The molecule has 148 valence electrons. The maximum atomic E-state index is 12.2. The predicted octanol–water partition coefficient (Wildman–Crippen LogP) is 4.14. The number of rotatable bonds is 3. The van der Waals surface area contributed by atoms with Gasteiger partial charge in [-0.05, 0) is 17.7 Å². The molecule has 3 aromatic heterocycles. The SMILES string of the molecule is CC(C)(C)c1cc(NC(=O)Nc2ccc(-c3c[nH]c4ncnc(N)c34)cc2)on1. The van der Waals surface area contributed by atoms with Crippen molar-refractivity contribution < 1.29 is 9.32 Å². The summed E-state index contributed by atoms with van der Waals surface area (Å²) in [5.41, 5.74) is 9.71. The van der Waals surface area contributed by atoms with Crippen LogP contribution in [-0.4, -0.2) is 26.1 Å². The van der Waals surface area contributed by atoms with Gasteiger partial charge in [0.25, 0.3) is 0 Å². The Bertz CT molecular complexity index is 1170. The molecule has 0 saturated heterocycles. The molecule has 5 N–H and O–H groups in total. The van der Waals surface area contributed by atoms with Crippen LogP contribution in [0.4, 0.5) is 22.2 Å². The Hall–Kier alpha value is -3.88. The highest BCUT2D eigenvalue weighted by atomic mass is 16.5. The van der Waals surface area contributed by atoms with E-state index in [4.69, 9.17) is 10.3 Å². The minimum Gasteiger partial charge on any atom is -0.383 e. The van der Waals surface area contributed by atoms with Crippen LogP contribution in [0.5, 0.6) is 0 Å². The van der Waals surface area contributed by atoms with Gasteiger partial charge < -0.3 is 20.6 Å². The van der Waals surface area contributed by atoms with E-state index in [9.17, 15) is 4.79 Å². The molecule has 0 aliphatic rings. The van der Waals surface area contributed by atoms with Gasteiger partial charge in [0.2, 0.25) is 5.88 Å². The first-order chi connectivity index (χ1) is 13.8. The standard InChI is InChI=1S/C20H21N7O2/c1-20(2,3)14-8-15(29-27-14)26-19(28)25-12-6-4-11(5-7-12)13-9-22-18-16(13)17(21)23-10-24-18/h4-10H,1-3H3,(H2,25,26,28)(H3,21,22,23,24). The van der Waals surface area contributed by atoms with Crippen molar-refractivity contribution in [1.29, 1.82) is 0 Å². The minimum atomic E-state index is -0.418. The van der Waals surface area contributed by atoms with E-state index in [1.807, 2.05) is 39.1 Å². The molecule has 4 rings (SSSR count). The van der Waals surface area contributed by atoms with Gasteiger partial charge in [0.05, 0.1) is 11.1 Å². The average molecular weight is 391 g/mol. The van der Waals surface area contributed by atoms with Crippen molar-refractivity contribution in [3.63, 3.8) is 0 Å². The lowest BCUT2D eigenvalue weighted by Gasteiger charge is -2.12. The Balaban J connectivity index is 1.47. The molecule has 9 nitrogen and oxygen atoms in total. The largest absolute Gasteiger partial charge is 0.383 e. The maximum absolute atomic E-state index is 12.2. The maximum Gasteiger partial charge on any atom is 0.326 e. The summed E-state index contributed by atoms with van der Waals surface area (Å²) in [6, 6.07) is 8.67. The van der Waals surface area contributed by atoms with Gasteiger partial charge in [0, 0.05) is 28.9 Å². The molecule has 0 aliphatic heterocycles.